The number of aromatic nitrogens is 2. The van der Waals surface area contributed by atoms with E-state index < -0.39 is 0 Å². The van der Waals surface area contributed by atoms with Gasteiger partial charge in [-0.25, -0.2) is 4.98 Å². The Kier molecular flexibility index (Phi) is 3.58. The Bertz CT molecular complexity index is 662. The molecule has 0 aliphatic carbocycles. The number of benzene rings is 1. The van der Waals surface area contributed by atoms with Gasteiger partial charge in [0.15, 0.2) is 0 Å². The maximum atomic E-state index is 5.89. The van der Waals surface area contributed by atoms with Gasteiger partial charge in [0.25, 0.3) is 0 Å². The van der Waals surface area contributed by atoms with Crippen molar-refractivity contribution in [3.63, 3.8) is 0 Å². The topological polar surface area (TPSA) is 25.8 Å². The lowest BCUT2D eigenvalue weighted by Gasteiger charge is -1.97. The SMILES string of the molecule is Clc1ccc(-c2csc(Cc3ccccn3)n2)cc1. The lowest BCUT2D eigenvalue weighted by Crippen LogP contribution is -1.90. The molecule has 19 heavy (non-hydrogen) atoms. The number of halogens is 1. The molecule has 3 aromatic rings. The van der Waals surface area contributed by atoms with E-state index in [-0.39, 0.29) is 0 Å². The summed E-state index contributed by atoms with van der Waals surface area (Å²) in [6.07, 6.45) is 2.59. The first-order valence-corrected chi connectivity index (χ1v) is 7.17. The van der Waals surface area contributed by atoms with Crippen LogP contribution in [0.25, 0.3) is 11.3 Å². The average Bonchev–Trinajstić information content (AvgIpc) is 2.89. The van der Waals surface area contributed by atoms with Crippen molar-refractivity contribution in [2.24, 2.45) is 0 Å². The molecule has 0 unspecified atom stereocenters. The standard InChI is InChI=1S/C15H11ClN2S/c16-12-6-4-11(5-7-12)14-10-19-15(18-14)9-13-3-1-2-8-17-13/h1-8,10H,9H2. The van der Waals surface area contributed by atoms with Crippen LogP contribution in [0, 0.1) is 0 Å². The average molecular weight is 287 g/mol. The molecule has 0 radical (unpaired) electrons. The van der Waals surface area contributed by atoms with Gasteiger partial charge in [0.05, 0.1) is 10.7 Å². The smallest absolute Gasteiger partial charge is 0.0992 e. The minimum atomic E-state index is 0.743. The van der Waals surface area contributed by atoms with Crippen LogP contribution in [0.15, 0.2) is 54.0 Å². The molecule has 0 amide bonds. The van der Waals surface area contributed by atoms with Crippen molar-refractivity contribution in [2.45, 2.75) is 6.42 Å². The van der Waals surface area contributed by atoms with Crippen LogP contribution in [0.2, 0.25) is 5.02 Å². The highest BCUT2D eigenvalue weighted by Crippen LogP contribution is 2.24. The van der Waals surface area contributed by atoms with Gasteiger partial charge in [-0.1, -0.05) is 29.8 Å². The summed E-state index contributed by atoms with van der Waals surface area (Å²) in [5.41, 5.74) is 3.13. The number of thiazole rings is 1. The summed E-state index contributed by atoms with van der Waals surface area (Å²) >= 11 is 7.54. The third-order valence-corrected chi connectivity index (χ3v) is 3.85. The lowest BCUT2D eigenvalue weighted by atomic mass is 10.2. The van der Waals surface area contributed by atoms with Crippen LogP contribution >= 0.6 is 22.9 Å². The number of pyridine rings is 1. The van der Waals surface area contributed by atoms with E-state index in [1.165, 1.54) is 0 Å². The van der Waals surface area contributed by atoms with Crippen molar-refractivity contribution in [1.29, 1.82) is 0 Å². The Morgan fingerprint density at radius 2 is 1.89 bits per heavy atom. The molecule has 0 atom stereocenters. The Hall–Kier alpha value is -1.71. The monoisotopic (exact) mass is 286 g/mol. The number of nitrogens with zero attached hydrogens (tertiary/aromatic N) is 2. The highest BCUT2D eigenvalue weighted by molar-refractivity contribution is 7.10. The summed E-state index contributed by atoms with van der Waals surface area (Å²) in [6, 6.07) is 13.7. The lowest BCUT2D eigenvalue weighted by molar-refractivity contribution is 1.05. The summed E-state index contributed by atoms with van der Waals surface area (Å²) in [5, 5.41) is 3.89. The molecule has 0 N–H and O–H groups in total. The van der Waals surface area contributed by atoms with E-state index in [0.29, 0.717) is 0 Å². The molecule has 3 rings (SSSR count). The third-order valence-electron chi connectivity index (χ3n) is 2.75. The molecule has 0 saturated carbocycles. The molecule has 0 aliphatic heterocycles. The molecule has 2 nitrogen and oxygen atoms in total. The van der Waals surface area contributed by atoms with E-state index in [9.17, 15) is 0 Å². The molecule has 0 aliphatic rings. The van der Waals surface area contributed by atoms with Crippen molar-refractivity contribution in [3.8, 4) is 11.3 Å². The fourth-order valence-electron chi connectivity index (χ4n) is 1.80. The quantitative estimate of drug-likeness (QED) is 0.711. The van der Waals surface area contributed by atoms with Gasteiger partial charge in [-0.3, -0.25) is 4.98 Å². The minimum absolute atomic E-state index is 0.743. The fourth-order valence-corrected chi connectivity index (χ4v) is 2.75. The summed E-state index contributed by atoms with van der Waals surface area (Å²) in [7, 11) is 0. The van der Waals surface area contributed by atoms with Crippen LogP contribution in [-0.2, 0) is 6.42 Å². The van der Waals surface area contributed by atoms with Gasteiger partial charge in [-0.2, -0.15) is 0 Å². The van der Waals surface area contributed by atoms with Crippen LogP contribution in [0.5, 0.6) is 0 Å². The number of hydrogen-bond acceptors (Lipinski definition) is 3. The molecule has 94 valence electrons. The summed E-state index contributed by atoms with van der Waals surface area (Å²) in [5.74, 6) is 0. The second kappa shape index (κ2) is 5.51. The van der Waals surface area contributed by atoms with Crippen LogP contribution in [-0.4, -0.2) is 9.97 Å². The fraction of sp³-hybridized carbons (Fsp3) is 0.0667. The first-order chi connectivity index (χ1) is 9.31. The van der Waals surface area contributed by atoms with Crippen LogP contribution in [0.4, 0.5) is 0 Å². The highest BCUT2D eigenvalue weighted by atomic mass is 35.5. The Morgan fingerprint density at radius 3 is 2.63 bits per heavy atom. The molecule has 0 fully saturated rings. The zero-order valence-corrected chi connectivity index (χ0v) is 11.7. The van der Waals surface area contributed by atoms with Crippen molar-refractivity contribution in [1.82, 2.24) is 9.97 Å². The largest absolute Gasteiger partial charge is 0.261 e. The molecular weight excluding hydrogens is 276 g/mol. The van der Waals surface area contributed by atoms with Gasteiger partial charge < -0.3 is 0 Å². The molecule has 4 heteroatoms. The van der Waals surface area contributed by atoms with E-state index in [1.807, 2.05) is 48.7 Å². The third kappa shape index (κ3) is 3.00. The molecule has 0 bridgehead atoms. The van der Waals surface area contributed by atoms with Crippen molar-refractivity contribution < 1.29 is 0 Å². The molecule has 2 heterocycles. The van der Waals surface area contributed by atoms with Crippen LogP contribution in [0.1, 0.15) is 10.7 Å². The number of rotatable bonds is 3. The molecular formula is C15H11ClN2S. The van der Waals surface area contributed by atoms with Gasteiger partial charge in [0.1, 0.15) is 0 Å². The van der Waals surface area contributed by atoms with Gasteiger partial charge in [-0.15, -0.1) is 11.3 Å². The van der Waals surface area contributed by atoms with Gasteiger partial charge in [0, 0.05) is 34.3 Å². The molecule has 2 aromatic heterocycles. The van der Waals surface area contributed by atoms with E-state index in [1.54, 1.807) is 11.3 Å². The summed E-state index contributed by atoms with van der Waals surface area (Å²) in [4.78, 5) is 8.96. The van der Waals surface area contributed by atoms with E-state index in [0.717, 1.165) is 33.4 Å². The maximum Gasteiger partial charge on any atom is 0.0992 e. The van der Waals surface area contributed by atoms with Crippen LogP contribution < -0.4 is 0 Å². The summed E-state index contributed by atoms with van der Waals surface area (Å²) < 4.78 is 0. The van der Waals surface area contributed by atoms with Gasteiger partial charge in [0.2, 0.25) is 0 Å². The van der Waals surface area contributed by atoms with E-state index >= 15 is 0 Å². The normalized spacial score (nSPS) is 10.6. The van der Waals surface area contributed by atoms with Crippen LogP contribution in [0.3, 0.4) is 0 Å². The van der Waals surface area contributed by atoms with Crippen molar-refractivity contribution in [3.05, 3.63) is 69.8 Å². The Labute approximate surface area is 120 Å². The first-order valence-electron chi connectivity index (χ1n) is 5.91. The first kappa shape index (κ1) is 12.3. The maximum absolute atomic E-state index is 5.89. The van der Waals surface area contributed by atoms with Crippen molar-refractivity contribution >= 4 is 22.9 Å². The van der Waals surface area contributed by atoms with Gasteiger partial charge >= 0.3 is 0 Å². The molecule has 1 aromatic carbocycles. The van der Waals surface area contributed by atoms with E-state index in [4.69, 9.17) is 11.6 Å². The van der Waals surface area contributed by atoms with E-state index in [2.05, 4.69) is 15.3 Å². The number of hydrogen-bond donors (Lipinski definition) is 0. The van der Waals surface area contributed by atoms with Crippen molar-refractivity contribution in [2.75, 3.05) is 0 Å². The second-order valence-corrected chi connectivity index (χ2v) is 5.51. The second-order valence-electron chi connectivity index (χ2n) is 4.13. The molecule has 0 spiro atoms. The Morgan fingerprint density at radius 1 is 1.05 bits per heavy atom. The predicted molar refractivity (Wildman–Crippen MR) is 79.6 cm³/mol. The minimum Gasteiger partial charge on any atom is -0.261 e. The van der Waals surface area contributed by atoms with Gasteiger partial charge in [-0.05, 0) is 24.3 Å². The zero-order valence-electron chi connectivity index (χ0n) is 10.1. The Balaban J connectivity index is 1.82. The zero-order chi connectivity index (χ0) is 13.1. The predicted octanol–water partition coefficient (Wildman–Crippen LogP) is 4.45. The molecule has 0 saturated heterocycles. The summed E-state index contributed by atoms with van der Waals surface area (Å²) in [6.45, 7) is 0. The highest BCUT2D eigenvalue weighted by Gasteiger charge is 2.05.